The Hall–Kier alpha value is -0.500. The highest BCUT2D eigenvalue weighted by Gasteiger charge is 2.01. The van der Waals surface area contributed by atoms with Crippen LogP contribution in [0.1, 0.15) is 6.92 Å². The molecule has 0 fully saturated rings. The molecule has 1 aliphatic heterocycles. The second-order valence-corrected chi connectivity index (χ2v) is 1.80. The van der Waals surface area contributed by atoms with Gasteiger partial charge in [-0.2, -0.15) is 0 Å². The van der Waals surface area contributed by atoms with E-state index in [-0.39, 0.29) is 0 Å². The summed E-state index contributed by atoms with van der Waals surface area (Å²) in [6.07, 6.45) is 1.97. The lowest BCUT2D eigenvalue weighted by Gasteiger charge is -2.02. The maximum atomic E-state index is 5.01. The minimum absolute atomic E-state index is 0.760. The first-order chi connectivity index (χ1) is 3.29. The average Bonchev–Trinajstić information content (AvgIpc) is 1.87. The van der Waals surface area contributed by atoms with Crippen LogP contribution in [-0.2, 0) is 4.84 Å². The molecule has 0 saturated heterocycles. The SMILES string of the molecule is CC1=CN(C)OC1. The Labute approximate surface area is 43.3 Å². The van der Waals surface area contributed by atoms with Gasteiger partial charge in [0.25, 0.3) is 0 Å². The number of hydroxylamine groups is 2. The highest BCUT2D eigenvalue weighted by atomic mass is 16.7. The van der Waals surface area contributed by atoms with E-state index in [0.29, 0.717) is 0 Å². The third-order valence-corrected chi connectivity index (χ3v) is 0.898. The van der Waals surface area contributed by atoms with Gasteiger partial charge in [0.05, 0.1) is 6.61 Å². The topological polar surface area (TPSA) is 12.5 Å². The van der Waals surface area contributed by atoms with Crippen LogP contribution in [0.15, 0.2) is 11.8 Å². The number of hydrogen-bond acceptors (Lipinski definition) is 2. The van der Waals surface area contributed by atoms with Crippen LogP contribution in [0.2, 0.25) is 0 Å². The molecule has 0 aromatic rings. The standard InChI is InChI=1S/C5H9NO/c1-5-3-6(2)7-4-5/h3H,4H2,1-2H3. The van der Waals surface area contributed by atoms with Crippen molar-refractivity contribution in [2.45, 2.75) is 6.92 Å². The van der Waals surface area contributed by atoms with Crippen LogP contribution < -0.4 is 0 Å². The molecule has 0 saturated carbocycles. The summed E-state index contributed by atoms with van der Waals surface area (Å²) in [5, 5.41) is 1.72. The molecule has 1 aliphatic rings. The van der Waals surface area contributed by atoms with Gasteiger partial charge in [0, 0.05) is 13.2 Å². The molecule has 0 atom stereocenters. The first-order valence-electron chi connectivity index (χ1n) is 2.32. The monoisotopic (exact) mass is 99.1 g/mol. The molecule has 2 heteroatoms. The van der Waals surface area contributed by atoms with Crippen LogP contribution in [0, 0.1) is 0 Å². The summed E-state index contributed by atoms with van der Waals surface area (Å²) in [6.45, 7) is 2.81. The fourth-order valence-corrected chi connectivity index (χ4v) is 0.589. The second-order valence-electron chi connectivity index (χ2n) is 1.80. The molecule has 0 N–H and O–H groups in total. The van der Waals surface area contributed by atoms with E-state index in [0.717, 1.165) is 6.61 Å². The summed E-state index contributed by atoms with van der Waals surface area (Å²) in [4.78, 5) is 5.01. The highest BCUT2D eigenvalue weighted by molar-refractivity contribution is 4.98. The summed E-state index contributed by atoms with van der Waals surface area (Å²) < 4.78 is 0. The summed E-state index contributed by atoms with van der Waals surface area (Å²) in [5.74, 6) is 0. The van der Waals surface area contributed by atoms with Gasteiger partial charge in [-0.1, -0.05) is 0 Å². The van der Waals surface area contributed by atoms with Gasteiger partial charge in [-0.15, -0.1) is 0 Å². The molecular formula is C5H9NO. The smallest absolute Gasteiger partial charge is 0.0974 e. The van der Waals surface area contributed by atoms with Crippen LogP contribution >= 0.6 is 0 Å². The third-order valence-electron chi connectivity index (χ3n) is 0.898. The Kier molecular flexibility index (Phi) is 1.02. The predicted molar refractivity (Wildman–Crippen MR) is 27.5 cm³/mol. The van der Waals surface area contributed by atoms with Gasteiger partial charge in [-0.3, -0.25) is 9.90 Å². The highest BCUT2D eigenvalue weighted by Crippen LogP contribution is 2.04. The minimum atomic E-state index is 0.760. The van der Waals surface area contributed by atoms with Gasteiger partial charge >= 0.3 is 0 Å². The Bertz CT molecular complexity index is 98.3. The van der Waals surface area contributed by atoms with Gasteiger partial charge in [-0.25, -0.2) is 0 Å². The largest absolute Gasteiger partial charge is 0.270 e. The van der Waals surface area contributed by atoms with E-state index in [4.69, 9.17) is 4.84 Å². The van der Waals surface area contributed by atoms with E-state index in [2.05, 4.69) is 0 Å². The van der Waals surface area contributed by atoms with Gasteiger partial charge < -0.3 is 0 Å². The molecule has 2 nitrogen and oxygen atoms in total. The van der Waals surface area contributed by atoms with Gasteiger partial charge in [0.15, 0.2) is 0 Å². The van der Waals surface area contributed by atoms with Crippen molar-refractivity contribution in [2.75, 3.05) is 13.7 Å². The normalized spacial score (nSPS) is 20.3. The number of rotatable bonds is 0. The zero-order chi connectivity index (χ0) is 5.28. The molecule has 0 aromatic carbocycles. The van der Waals surface area contributed by atoms with Crippen molar-refractivity contribution >= 4 is 0 Å². The molecule has 0 aliphatic carbocycles. The quantitative estimate of drug-likeness (QED) is 0.444. The van der Waals surface area contributed by atoms with Crippen LogP contribution in [-0.4, -0.2) is 18.7 Å². The average molecular weight is 99.1 g/mol. The van der Waals surface area contributed by atoms with Crippen LogP contribution in [0.25, 0.3) is 0 Å². The summed E-state index contributed by atoms with van der Waals surface area (Å²) in [5.41, 5.74) is 1.28. The Morgan fingerprint density at radius 1 is 1.86 bits per heavy atom. The lowest BCUT2D eigenvalue weighted by molar-refractivity contribution is -0.0682. The number of nitrogens with zero attached hydrogens (tertiary/aromatic N) is 1. The summed E-state index contributed by atoms with van der Waals surface area (Å²) >= 11 is 0. The molecule has 40 valence electrons. The molecule has 0 unspecified atom stereocenters. The Morgan fingerprint density at radius 2 is 2.57 bits per heavy atom. The van der Waals surface area contributed by atoms with E-state index >= 15 is 0 Å². The lowest BCUT2D eigenvalue weighted by Crippen LogP contribution is -2.03. The van der Waals surface area contributed by atoms with Crippen molar-refractivity contribution in [2.24, 2.45) is 0 Å². The fourth-order valence-electron chi connectivity index (χ4n) is 0.589. The molecule has 1 rings (SSSR count). The summed E-state index contributed by atoms with van der Waals surface area (Å²) in [6, 6.07) is 0. The van der Waals surface area contributed by atoms with Crippen molar-refractivity contribution in [3.05, 3.63) is 11.8 Å². The fraction of sp³-hybridized carbons (Fsp3) is 0.600. The third kappa shape index (κ3) is 0.933. The van der Waals surface area contributed by atoms with E-state index < -0.39 is 0 Å². The van der Waals surface area contributed by atoms with Gasteiger partial charge in [0.2, 0.25) is 0 Å². The minimum Gasteiger partial charge on any atom is -0.270 e. The first-order valence-corrected chi connectivity index (χ1v) is 2.32. The second kappa shape index (κ2) is 1.54. The molecule has 1 heterocycles. The van der Waals surface area contributed by atoms with Crippen LogP contribution in [0.4, 0.5) is 0 Å². The van der Waals surface area contributed by atoms with Crippen molar-refractivity contribution in [1.29, 1.82) is 0 Å². The van der Waals surface area contributed by atoms with Crippen molar-refractivity contribution in [3.8, 4) is 0 Å². The first kappa shape index (κ1) is 4.65. The molecule has 7 heavy (non-hydrogen) atoms. The van der Waals surface area contributed by atoms with Crippen molar-refractivity contribution in [1.82, 2.24) is 5.06 Å². The van der Waals surface area contributed by atoms with Crippen LogP contribution in [0.5, 0.6) is 0 Å². The maximum Gasteiger partial charge on any atom is 0.0974 e. The lowest BCUT2D eigenvalue weighted by atomic mass is 10.4. The Morgan fingerprint density at radius 3 is 2.71 bits per heavy atom. The molecule has 0 spiro atoms. The molecule has 0 radical (unpaired) electrons. The van der Waals surface area contributed by atoms with E-state index in [1.54, 1.807) is 5.06 Å². The van der Waals surface area contributed by atoms with Crippen molar-refractivity contribution < 1.29 is 4.84 Å². The zero-order valence-electron chi connectivity index (χ0n) is 4.64. The maximum absolute atomic E-state index is 5.01. The molecular weight excluding hydrogens is 90.1 g/mol. The van der Waals surface area contributed by atoms with Crippen LogP contribution in [0.3, 0.4) is 0 Å². The number of hydrogen-bond donors (Lipinski definition) is 0. The summed E-state index contributed by atoms with van der Waals surface area (Å²) in [7, 11) is 1.89. The molecule has 0 bridgehead atoms. The predicted octanol–water partition coefficient (Wildman–Crippen LogP) is 0.767. The van der Waals surface area contributed by atoms with Crippen molar-refractivity contribution in [3.63, 3.8) is 0 Å². The van der Waals surface area contributed by atoms with E-state index in [9.17, 15) is 0 Å². The Balaban J connectivity index is 2.50. The molecule has 0 aromatic heterocycles. The van der Waals surface area contributed by atoms with E-state index in [1.165, 1.54) is 5.57 Å². The van der Waals surface area contributed by atoms with E-state index in [1.807, 2.05) is 20.2 Å². The van der Waals surface area contributed by atoms with Gasteiger partial charge in [-0.05, 0) is 12.5 Å². The zero-order valence-corrected chi connectivity index (χ0v) is 4.64. The van der Waals surface area contributed by atoms with Gasteiger partial charge in [0.1, 0.15) is 0 Å². The molecule has 0 amide bonds.